The Morgan fingerprint density at radius 1 is 1.24 bits per heavy atom. The molecule has 25 heavy (non-hydrogen) atoms. The molecule has 0 radical (unpaired) electrons. The van der Waals surface area contributed by atoms with Crippen LogP contribution in [0.2, 0.25) is 0 Å². The molecule has 6 nitrogen and oxygen atoms in total. The first-order chi connectivity index (χ1) is 12.2. The van der Waals surface area contributed by atoms with Crippen LogP contribution in [0.1, 0.15) is 54.7 Å². The Morgan fingerprint density at radius 2 is 2.08 bits per heavy atom. The lowest BCUT2D eigenvalue weighted by Gasteiger charge is -2.18. The van der Waals surface area contributed by atoms with Crippen molar-refractivity contribution in [2.24, 2.45) is 11.8 Å². The van der Waals surface area contributed by atoms with E-state index in [0.717, 1.165) is 36.5 Å². The highest BCUT2D eigenvalue weighted by atomic mass is 19.1. The Hall–Kier alpha value is -2.02. The molecule has 3 heterocycles. The monoisotopic (exact) mass is 343 g/mol. The summed E-state index contributed by atoms with van der Waals surface area (Å²) in [6, 6.07) is 1.66. The van der Waals surface area contributed by atoms with Crippen molar-refractivity contribution < 1.29 is 9.50 Å². The van der Waals surface area contributed by atoms with Crippen molar-refractivity contribution in [2.75, 3.05) is 18.0 Å². The SMILES string of the molecule is OCc1cc(N2C[C@H](c3nc(C4CC4)n[nH]3)[C@@H](C3CC3)C2)ncc1F. The third kappa shape index (κ3) is 2.80. The first kappa shape index (κ1) is 15.3. The summed E-state index contributed by atoms with van der Waals surface area (Å²) in [6.45, 7) is 1.40. The molecule has 0 spiro atoms. The van der Waals surface area contributed by atoms with E-state index in [0.29, 0.717) is 23.3 Å². The summed E-state index contributed by atoms with van der Waals surface area (Å²) in [6.07, 6.45) is 6.15. The number of aromatic amines is 1. The third-order valence-electron chi connectivity index (χ3n) is 5.82. The number of aliphatic hydroxyl groups is 1. The van der Waals surface area contributed by atoms with Gasteiger partial charge in [-0.05, 0) is 43.6 Å². The topological polar surface area (TPSA) is 77.9 Å². The van der Waals surface area contributed by atoms with Crippen molar-refractivity contribution in [1.82, 2.24) is 20.2 Å². The van der Waals surface area contributed by atoms with Gasteiger partial charge in [-0.15, -0.1) is 0 Å². The van der Waals surface area contributed by atoms with Gasteiger partial charge in [0.05, 0.1) is 12.8 Å². The first-order valence-corrected chi connectivity index (χ1v) is 9.15. The molecule has 2 N–H and O–H groups in total. The maximum absolute atomic E-state index is 13.6. The summed E-state index contributed by atoms with van der Waals surface area (Å²) in [5.74, 6) is 4.37. The fourth-order valence-corrected chi connectivity index (χ4v) is 4.05. The van der Waals surface area contributed by atoms with Gasteiger partial charge in [-0.25, -0.2) is 14.4 Å². The molecule has 0 bridgehead atoms. The number of pyridine rings is 1. The minimum absolute atomic E-state index is 0.298. The number of anilines is 1. The van der Waals surface area contributed by atoms with Gasteiger partial charge in [0.25, 0.3) is 0 Å². The lowest BCUT2D eigenvalue weighted by atomic mass is 9.91. The summed E-state index contributed by atoms with van der Waals surface area (Å²) < 4.78 is 13.6. The van der Waals surface area contributed by atoms with Gasteiger partial charge in [-0.3, -0.25) is 5.10 Å². The quantitative estimate of drug-likeness (QED) is 0.871. The third-order valence-corrected chi connectivity index (χ3v) is 5.82. The number of rotatable bonds is 5. The van der Waals surface area contributed by atoms with Crippen LogP contribution in [0, 0.1) is 17.7 Å². The molecule has 3 aliphatic rings. The molecule has 0 aromatic carbocycles. The van der Waals surface area contributed by atoms with Crippen molar-refractivity contribution in [3.63, 3.8) is 0 Å². The number of nitrogens with zero attached hydrogens (tertiary/aromatic N) is 4. The van der Waals surface area contributed by atoms with Crippen LogP contribution in [-0.2, 0) is 6.61 Å². The Balaban J connectivity index is 1.41. The molecule has 0 unspecified atom stereocenters. The normalized spacial score (nSPS) is 26.4. The van der Waals surface area contributed by atoms with E-state index in [4.69, 9.17) is 4.98 Å². The Morgan fingerprint density at radius 3 is 2.80 bits per heavy atom. The minimum atomic E-state index is -0.454. The summed E-state index contributed by atoms with van der Waals surface area (Å²) in [5, 5.41) is 16.9. The summed E-state index contributed by atoms with van der Waals surface area (Å²) in [5.41, 5.74) is 0.298. The number of hydrogen-bond acceptors (Lipinski definition) is 5. The number of H-pyrrole nitrogens is 1. The van der Waals surface area contributed by atoms with E-state index in [1.807, 2.05) is 0 Å². The lowest BCUT2D eigenvalue weighted by molar-refractivity contribution is 0.275. The standard InChI is InChI=1S/C18H22FN5O/c19-15-6-20-16(5-12(15)9-25)24-7-13(10-1-2-10)14(8-24)18-21-17(22-23-18)11-3-4-11/h5-6,10-11,13-14,25H,1-4,7-9H2,(H,21,22,23)/t13-,14+/m1/s1. The van der Waals surface area contributed by atoms with E-state index in [2.05, 4.69) is 20.1 Å². The molecule has 132 valence electrons. The van der Waals surface area contributed by atoms with E-state index in [-0.39, 0.29) is 6.61 Å². The maximum atomic E-state index is 13.6. The molecule has 7 heteroatoms. The highest BCUT2D eigenvalue weighted by molar-refractivity contribution is 5.44. The van der Waals surface area contributed by atoms with Crippen LogP contribution in [0.4, 0.5) is 10.2 Å². The second kappa shape index (κ2) is 5.76. The zero-order valence-electron chi connectivity index (χ0n) is 14.0. The molecule has 1 aliphatic heterocycles. The van der Waals surface area contributed by atoms with Gasteiger partial charge in [-0.2, -0.15) is 5.10 Å². The van der Waals surface area contributed by atoms with Gasteiger partial charge >= 0.3 is 0 Å². The van der Waals surface area contributed by atoms with Crippen LogP contribution in [-0.4, -0.2) is 38.4 Å². The Kier molecular flexibility index (Phi) is 3.51. The minimum Gasteiger partial charge on any atom is -0.392 e. The maximum Gasteiger partial charge on any atom is 0.153 e. The highest BCUT2D eigenvalue weighted by Crippen LogP contribution is 2.48. The van der Waals surface area contributed by atoms with E-state index in [1.165, 1.54) is 31.9 Å². The molecule has 2 saturated carbocycles. The fourth-order valence-electron chi connectivity index (χ4n) is 4.05. The van der Waals surface area contributed by atoms with Crippen molar-refractivity contribution >= 4 is 5.82 Å². The molecular formula is C18H22FN5O. The molecule has 2 aromatic rings. The van der Waals surface area contributed by atoms with Crippen LogP contribution < -0.4 is 4.90 Å². The van der Waals surface area contributed by atoms with Gasteiger partial charge in [-0.1, -0.05) is 0 Å². The van der Waals surface area contributed by atoms with E-state index in [1.54, 1.807) is 6.07 Å². The number of hydrogen-bond donors (Lipinski definition) is 2. The van der Waals surface area contributed by atoms with E-state index < -0.39 is 5.82 Å². The molecule has 5 rings (SSSR count). The van der Waals surface area contributed by atoms with Crippen LogP contribution in [0.25, 0.3) is 0 Å². The van der Waals surface area contributed by atoms with Crippen LogP contribution in [0.15, 0.2) is 12.3 Å². The van der Waals surface area contributed by atoms with Crippen LogP contribution in [0.3, 0.4) is 0 Å². The number of halogens is 1. The van der Waals surface area contributed by atoms with Gasteiger partial charge < -0.3 is 10.0 Å². The molecule has 2 aliphatic carbocycles. The summed E-state index contributed by atoms with van der Waals surface area (Å²) in [7, 11) is 0. The number of nitrogens with one attached hydrogen (secondary N) is 1. The second-order valence-electron chi connectivity index (χ2n) is 7.66. The zero-order chi connectivity index (χ0) is 17.0. The predicted octanol–water partition coefficient (Wildman–Crippen LogP) is 2.34. The fraction of sp³-hybridized carbons (Fsp3) is 0.611. The smallest absolute Gasteiger partial charge is 0.153 e. The van der Waals surface area contributed by atoms with Crippen molar-refractivity contribution in [1.29, 1.82) is 0 Å². The van der Waals surface area contributed by atoms with Crippen LogP contribution in [0.5, 0.6) is 0 Å². The van der Waals surface area contributed by atoms with Crippen LogP contribution >= 0.6 is 0 Å². The van der Waals surface area contributed by atoms with Crippen molar-refractivity contribution in [3.05, 3.63) is 35.3 Å². The zero-order valence-corrected chi connectivity index (χ0v) is 14.0. The molecule has 3 fully saturated rings. The second-order valence-corrected chi connectivity index (χ2v) is 7.66. The first-order valence-electron chi connectivity index (χ1n) is 9.15. The molecule has 2 aromatic heterocycles. The van der Waals surface area contributed by atoms with Crippen molar-refractivity contribution in [2.45, 2.75) is 44.1 Å². The summed E-state index contributed by atoms with van der Waals surface area (Å²) in [4.78, 5) is 11.2. The van der Waals surface area contributed by atoms with E-state index in [9.17, 15) is 9.50 Å². The molecule has 2 atom stereocenters. The number of aromatic nitrogens is 4. The van der Waals surface area contributed by atoms with Crippen molar-refractivity contribution in [3.8, 4) is 0 Å². The predicted molar refractivity (Wildman–Crippen MR) is 89.6 cm³/mol. The molecular weight excluding hydrogens is 321 g/mol. The van der Waals surface area contributed by atoms with Gasteiger partial charge in [0.1, 0.15) is 17.5 Å². The lowest BCUT2D eigenvalue weighted by Crippen LogP contribution is -2.21. The summed E-state index contributed by atoms with van der Waals surface area (Å²) >= 11 is 0. The average molecular weight is 343 g/mol. The Labute approximate surface area is 145 Å². The van der Waals surface area contributed by atoms with Gasteiger partial charge in [0.2, 0.25) is 0 Å². The largest absolute Gasteiger partial charge is 0.392 e. The molecule has 1 saturated heterocycles. The van der Waals surface area contributed by atoms with Gasteiger partial charge in [0, 0.05) is 30.5 Å². The Bertz CT molecular complexity index is 786. The number of aliphatic hydroxyl groups excluding tert-OH is 1. The van der Waals surface area contributed by atoms with E-state index >= 15 is 0 Å². The van der Waals surface area contributed by atoms with Gasteiger partial charge in [0.15, 0.2) is 5.82 Å². The average Bonchev–Trinajstić information content (AvgIpc) is 3.56. The molecule has 0 amide bonds. The highest BCUT2D eigenvalue weighted by Gasteiger charge is 2.45.